The topological polar surface area (TPSA) is 44.4 Å². The number of nitrogens with zero attached hydrogens (tertiary/aromatic N) is 1. The van der Waals surface area contributed by atoms with Crippen molar-refractivity contribution in [1.82, 2.24) is 10.2 Å². The Hall–Kier alpha value is -1.83. The molecular formula is C12H13F4N3O. The minimum absolute atomic E-state index is 0.363. The lowest BCUT2D eigenvalue weighted by molar-refractivity contribution is -0.137. The molecule has 1 aromatic carbocycles. The van der Waals surface area contributed by atoms with Crippen LogP contribution >= 0.6 is 0 Å². The molecule has 2 rings (SSSR count). The van der Waals surface area contributed by atoms with Crippen LogP contribution in [-0.4, -0.2) is 37.1 Å². The summed E-state index contributed by atoms with van der Waals surface area (Å²) in [6, 6.07) is 1.83. The van der Waals surface area contributed by atoms with Crippen LogP contribution in [0.15, 0.2) is 18.2 Å². The van der Waals surface area contributed by atoms with Crippen molar-refractivity contribution in [3.63, 3.8) is 0 Å². The minimum atomic E-state index is -4.73. The van der Waals surface area contributed by atoms with Gasteiger partial charge in [0.25, 0.3) is 0 Å². The molecule has 1 heterocycles. The van der Waals surface area contributed by atoms with Gasteiger partial charge in [0.05, 0.1) is 11.3 Å². The lowest BCUT2D eigenvalue weighted by Crippen LogP contribution is -2.48. The predicted octanol–water partition coefficient (Wildman–Crippen LogP) is 2.28. The first kappa shape index (κ1) is 14.6. The highest BCUT2D eigenvalue weighted by Crippen LogP contribution is 2.36. The van der Waals surface area contributed by atoms with Gasteiger partial charge >= 0.3 is 12.2 Å². The molecule has 0 spiro atoms. The van der Waals surface area contributed by atoms with E-state index >= 15 is 0 Å². The van der Waals surface area contributed by atoms with E-state index < -0.39 is 29.3 Å². The predicted molar refractivity (Wildman–Crippen MR) is 64.9 cm³/mol. The number of alkyl halides is 3. The van der Waals surface area contributed by atoms with Crippen molar-refractivity contribution in [1.29, 1.82) is 0 Å². The molecule has 2 N–H and O–H groups in total. The van der Waals surface area contributed by atoms with Crippen molar-refractivity contribution < 1.29 is 22.4 Å². The molecule has 0 atom stereocenters. The number of hydrogen-bond donors (Lipinski definition) is 2. The number of rotatable bonds is 1. The van der Waals surface area contributed by atoms with Crippen LogP contribution in [-0.2, 0) is 6.18 Å². The smallest absolute Gasteiger partial charge is 0.322 e. The van der Waals surface area contributed by atoms with Gasteiger partial charge in [-0.15, -0.1) is 0 Å². The van der Waals surface area contributed by atoms with Crippen LogP contribution in [0.1, 0.15) is 5.56 Å². The van der Waals surface area contributed by atoms with Crippen molar-refractivity contribution in [3.05, 3.63) is 29.6 Å². The van der Waals surface area contributed by atoms with Crippen molar-refractivity contribution in [2.45, 2.75) is 6.18 Å². The first-order valence-electron chi connectivity index (χ1n) is 6.02. The SMILES string of the molecule is O=C(Nc1c(F)cccc1C(F)(F)F)N1CCNCC1. The highest BCUT2D eigenvalue weighted by molar-refractivity contribution is 5.90. The van der Waals surface area contributed by atoms with Crippen LogP contribution < -0.4 is 10.6 Å². The summed E-state index contributed by atoms with van der Waals surface area (Å²) in [6.07, 6.45) is -4.73. The summed E-state index contributed by atoms with van der Waals surface area (Å²) >= 11 is 0. The van der Waals surface area contributed by atoms with Crippen molar-refractivity contribution in [2.75, 3.05) is 31.5 Å². The van der Waals surface area contributed by atoms with Gasteiger partial charge in [-0.3, -0.25) is 0 Å². The van der Waals surface area contributed by atoms with Crippen LogP contribution in [0.2, 0.25) is 0 Å². The number of hydrogen-bond acceptors (Lipinski definition) is 2. The third kappa shape index (κ3) is 3.19. The molecule has 2 amide bonds. The van der Waals surface area contributed by atoms with Gasteiger partial charge in [0.15, 0.2) is 0 Å². The largest absolute Gasteiger partial charge is 0.418 e. The van der Waals surface area contributed by atoms with Crippen molar-refractivity contribution in [3.8, 4) is 0 Å². The quantitative estimate of drug-likeness (QED) is 0.780. The van der Waals surface area contributed by atoms with Gasteiger partial charge in [0.1, 0.15) is 5.82 Å². The van der Waals surface area contributed by atoms with E-state index in [1.54, 1.807) is 0 Å². The molecule has 0 aromatic heterocycles. The Morgan fingerprint density at radius 3 is 2.50 bits per heavy atom. The molecule has 1 aliphatic rings. The molecule has 0 radical (unpaired) electrons. The van der Waals surface area contributed by atoms with Crippen LogP contribution in [0.4, 0.5) is 28.0 Å². The average molecular weight is 291 g/mol. The molecule has 20 heavy (non-hydrogen) atoms. The lowest BCUT2D eigenvalue weighted by atomic mass is 10.1. The molecule has 1 saturated heterocycles. The molecule has 0 saturated carbocycles. The molecule has 0 bridgehead atoms. The molecule has 1 fully saturated rings. The Bertz CT molecular complexity index is 498. The van der Waals surface area contributed by atoms with Gasteiger partial charge in [-0.2, -0.15) is 13.2 Å². The summed E-state index contributed by atoms with van der Waals surface area (Å²) in [4.78, 5) is 13.2. The first-order chi connectivity index (χ1) is 9.39. The third-order valence-corrected chi connectivity index (χ3v) is 2.96. The van der Waals surface area contributed by atoms with E-state index in [0.29, 0.717) is 26.2 Å². The summed E-state index contributed by atoms with van der Waals surface area (Å²) < 4.78 is 51.9. The van der Waals surface area contributed by atoms with Crippen molar-refractivity contribution >= 4 is 11.7 Å². The Morgan fingerprint density at radius 1 is 1.25 bits per heavy atom. The second-order valence-corrected chi connectivity index (χ2v) is 4.33. The van der Waals surface area contributed by atoms with E-state index in [1.165, 1.54) is 4.90 Å². The van der Waals surface area contributed by atoms with E-state index in [2.05, 4.69) is 5.32 Å². The number of carbonyl (C=O) groups excluding carboxylic acids is 1. The number of carbonyl (C=O) groups is 1. The van der Waals surface area contributed by atoms with E-state index in [0.717, 1.165) is 18.2 Å². The monoisotopic (exact) mass is 291 g/mol. The molecule has 1 aromatic rings. The summed E-state index contributed by atoms with van der Waals surface area (Å²) in [7, 11) is 0. The Kier molecular flexibility index (Phi) is 4.12. The van der Waals surface area contributed by atoms with Gasteiger partial charge in [-0.05, 0) is 12.1 Å². The zero-order valence-electron chi connectivity index (χ0n) is 10.4. The molecule has 0 aliphatic carbocycles. The van der Waals surface area contributed by atoms with E-state index in [9.17, 15) is 22.4 Å². The Morgan fingerprint density at radius 2 is 1.90 bits per heavy atom. The van der Waals surface area contributed by atoms with E-state index in [4.69, 9.17) is 0 Å². The third-order valence-electron chi connectivity index (χ3n) is 2.96. The van der Waals surface area contributed by atoms with Gasteiger partial charge in [-0.1, -0.05) is 6.07 Å². The van der Waals surface area contributed by atoms with E-state index in [1.807, 2.05) is 5.32 Å². The normalized spacial score (nSPS) is 16.1. The molecule has 0 unspecified atom stereocenters. The summed E-state index contributed by atoms with van der Waals surface area (Å²) in [5.41, 5.74) is -2.02. The maximum Gasteiger partial charge on any atom is 0.418 e. The molecule has 110 valence electrons. The van der Waals surface area contributed by atoms with E-state index in [-0.39, 0.29) is 0 Å². The number of urea groups is 1. The van der Waals surface area contributed by atoms with Crippen LogP contribution in [0, 0.1) is 5.82 Å². The van der Waals surface area contributed by atoms with Crippen LogP contribution in [0.3, 0.4) is 0 Å². The minimum Gasteiger partial charge on any atom is -0.322 e. The highest BCUT2D eigenvalue weighted by atomic mass is 19.4. The number of piperazine rings is 1. The fourth-order valence-electron chi connectivity index (χ4n) is 1.94. The molecule has 8 heteroatoms. The zero-order valence-corrected chi connectivity index (χ0v) is 10.4. The maximum absolute atomic E-state index is 13.6. The standard InChI is InChI=1S/C12H13F4N3O/c13-9-3-1-2-8(12(14,15)16)10(9)18-11(20)19-6-4-17-5-7-19/h1-3,17H,4-7H2,(H,18,20). The summed E-state index contributed by atoms with van der Waals surface area (Å²) in [5.74, 6) is -1.11. The van der Waals surface area contributed by atoms with Crippen LogP contribution in [0.25, 0.3) is 0 Å². The molecular weight excluding hydrogens is 278 g/mol. The Labute approximate surface area is 112 Å². The fraction of sp³-hybridized carbons (Fsp3) is 0.417. The number of amides is 2. The van der Waals surface area contributed by atoms with Crippen LogP contribution in [0.5, 0.6) is 0 Å². The Balaban J connectivity index is 2.22. The average Bonchev–Trinajstić information content (AvgIpc) is 2.40. The second kappa shape index (κ2) is 5.66. The summed E-state index contributed by atoms with van der Waals surface area (Å²) in [5, 5.41) is 5.02. The number of para-hydroxylation sites is 1. The van der Waals surface area contributed by atoms with Gasteiger partial charge < -0.3 is 15.5 Å². The zero-order chi connectivity index (χ0) is 14.8. The van der Waals surface area contributed by atoms with Gasteiger partial charge in [-0.25, -0.2) is 9.18 Å². The lowest BCUT2D eigenvalue weighted by Gasteiger charge is -2.28. The molecule has 1 aliphatic heterocycles. The molecule has 4 nitrogen and oxygen atoms in total. The summed E-state index contributed by atoms with van der Waals surface area (Å²) in [6.45, 7) is 1.83. The first-order valence-corrected chi connectivity index (χ1v) is 6.02. The number of halogens is 4. The second-order valence-electron chi connectivity index (χ2n) is 4.33. The fourth-order valence-corrected chi connectivity index (χ4v) is 1.94. The number of anilines is 1. The maximum atomic E-state index is 13.6. The number of benzene rings is 1. The van der Waals surface area contributed by atoms with Crippen molar-refractivity contribution in [2.24, 2.45) is 0 Å². The van der Waals surface area contributed by atoms with Gasteiger partial charge in [0.2, 0.25) is 0 Å². The number of nitrogens with one attached hydrogen (secondary N) is 2. The van der Waals surface area contributed by atoms with Gasteiger partial charge in [0, 0.05) is 26.2 Å². The highest BCUT2D eigenvalue weighted by Gasteiger charge is 2.35.